The molecule has 12 rings (SSSR count). The van der Waals surface area contributed by atoms with Crippen LogP contribution in [0.1, 0.15) is 0 Å². The molecule has 0 aliphatic carbocycles. The summed E-state index contributed by atoms with van der Waals surface area (Å²) in [5.74, 6) is 0.596. The van der Waals surface area contributed by atoms with Crippen LogP contribution >= 0.6 is 0 Å². The normalized spacial score (nSPS) is 11.7. The number of furan rings is 1. The zero-order valence-corrected chi connectivity index (χ0v) is 32.4. The lowest BCUT2D eigenvalue weighted by atomic mass is 10.00. The molecular weight excluding hydrogens is 735 g/mol. The largest absolute Gasteiger partial charge is 0.455 e. The Morgan fingerprint density at radius 2 is 1.03 bits per heavy atom. The molecule has 60 heavy (non-hydrogen) atoms. The highest BCUT2D eigenvalue weighted by molar-refractivity contribution is 6.19. The number of fused-ring (bicyclic) bond motifs is 8. The van der Waals surface area contributed by atoms with Gasteiger partial charge in [-0.05, 0) is 90.0 Å². The number of oxazole rings is 1. The molecule has 0 aliphatic rings. The predicted molar refractivity (Wildman–Crippen MR) is 247 cm³/mol. The Kier molecular flexibility index (Phi) is 7.78. The van der Waals surface area contributed by atoms with Crippen molar-refractivity contribution in [3.05, 3.63) is 212 Å². The molecule has 0 fully saturated rings. The summed E-state index contributed by atoms with van der Waals surface area (Å²) in [5, 5.41) is 4.37. The number of aromatic nitrogens is 2. The Morgan fingerprint density at radius 3 is 1.85 bits per heavy atom. The summed E-state index contributed by atoms with van der Waals surface area (Å²) in [6, 6.07) is 74.6. The van der Waals surface area contributed by atoms with Gasteiger partial charge in [0.15, 0.2) is 5.58 Å². The summed E-state index contributed by atoms with van der Waals surface area (Å²) in [5.41, 5.74) is 15.1. The van der Waals surface area contributed by atoms with Gasteiger partial charge in [0, 0.05) is 49.9 Å². The zero-order valence-electron chi connectivity index (χ0n) is 32.4. The second-order valence-corrected chi connectivity index (χ2v) is 15.1. The standard InChI is InChI=1S/C55H35N3O2/c1-4-15-36(16-5-1)42-21-10-12-25-47(42)57(41-31-32-49-46(35-41)44-22-11-13-26-48(44)58(49)39-19-8-3-9-20-39)40-29-27-37(28-30-40)43-23-14-24-45-52-50(59-54(43)45)33-34-51-53(52)56-55(60-51)38-17-6-2-7-18-38/h1-35H. The van der Waals surface area contributed by atoms with Crippen LogP contribution in [0.2, 0.25) is 0 Å². The molecule has 0 saturated heterocycles. The molecule has 282 valence electrons. The van der Waals surface area contributed by atoms with Crippen molar-refractivity contribution < 1.29 is 8.83 Å². The molecule has 5 nitrogen and oxygen atoms in total. The summed E-state index contributed by atoms with van der Waals surface area (Å²) < 4.78 is 15.3. The average molecular weight is 770 g/mol. The van der Waals surface area contributed by atoms with Gasteiger partial charge in [-0.3, -0.25) is 0 Å². The van der Waals surface area contributed by atoms with Crippen LogP contribution in [-0.4, -0.2) is 9.55 Å². The number of hydrogen-bond donors (Lipinski definition) is 0. The van der Waals surface area contributed by atoms with Crippen LogP contribution in [0.15, 0.2) is 221 Å². The van der Waals surface area contributed by atoms with Crippen molar-refractivity contribution in [2.45, 2.75) is 0 Å². The van der Waals surface area contributed by atoms with Gasteiger partial charge < -0.3 is 18.3 Å². The molecule has 9 aromatic carbocycles. The van der Waals surface area contributed by atoms with E-state index in [2.05, 4.69) is 179 Å². The van der Waals surface area contributed by atoms with E-state index >= 15 is 0 Å². The first-order valence-corrected chi connectivity index (χ1v) is 20.2. The van der Waals surface area contributed by atoms with E-state index in [1.807, 2.05) is 42.5 Å². The first kappa shape index (κ1) is 33.9. The van der Waals surface area contributed by atoms with Gasteiger partial charge in [0.05, 0.1) is 22.1 Å². The number of anilines is 3. The summed E-state index contributed by atoms with van der Waals surface area (Å²) in [4.78, 5) is 7.35. The van der Waals surface area contributed by atoms with E-state index in [1.165, 1.54) is 16.3 Å². The highest BCUT2D eigenvalue weighted by atomic mass is 16.4. The molecule has 5 heteroatoms. The fourth-order valence-electron chi connectivity index (χ4n) is 8.91. The lowest BCUT2D eigenvalue weighted by Crippen LogP contribution is -2.11. The fraction of sp³-hybridized carbons (Fsp3) is 0. The molecule has 0 aliphatic heterocycles. The fourth-order valence-corrected chi connectivity index (χ4v) is 8.91. The minimum absolute atomic E-state index is 0.596. The molecule has 0 amide bonds. The van der Waals surface area contributed by atoms with Gasteiger partial charge in [0.1, 0.15) is 16.7 Å². The molecular formula is C55H35N3O2. The third kappa shape index (κ3) is 5.44. The Hall–Kier alpha value is -8.15. The number of nitrogens with zero attached hydrogens (tertiary/aromatic N) is 3. The molecule has 12 aromatic rings. The van der Waals surface area contributed by atoms with Crippen LogP contribution in [0.5, 0.6) is 0 Å². The maximum Gasteiger partial charge on any atom is 0.227 e. The second kappa shape index (κ2) is 13.8. The third-order valence-electron chi connectivity index (χ3n) is 11.6. The lowest BCUT2D eigenvalue weighted by molar-refractivity contribution is 0.619. The van der Waals surface area contributed by atoms with Gasteiger partial charge in [0.25, 0.3) is 0 Å². The van der Waals surface area contributed by atoms with Crippen LogP contribution in [0, 0.1) is 0 Å². The van der Waals surface area contributed by atoms with E-state index in [-0.39, 0.29) is 0 Å². The predicted octanol–water partition coefficient (Wildman–Crippen LogP) is 15.3. The lowest BCUT2D eigenvalue weighted by Gasteiger charge is -2.28. The second-order valence-electron chi connectivity index (χ2n) is 15.1. The molecule has 0 atom stereocenters. The van der Waals surface area contributed by atoms with Crippen LogP contribution < -0.4 is 4.90 Å². The van der Waals surface area contributed by atoms with Gasteiger partial charge in [0.2, 0.25) is 5.89 Å². The topological polar surface area (TPSA) is 47.3 Å². The van der Waals surface area contributed by atoms with Crippen molar-refractivity contribution in [1.29, 1.82) is 0 Å². The molecule has 0 radical (unpaired) electrons. The maximum absolute atomic E-state index is 6.66. The smallest absolute Gasteiger partial charge is 0.227 e. The van der Waals surface area contributed by atoms with Gasteiger partial charge in [-0.25, -0.2) is 4.98 Å². The van der Waals surface area contributed by atoms with Crippen molar-refractivity contribution in [3.63, 3.8) is 0 Å². The monoisotopic (exact) mass is 769 g/mol. The van der Waals surface area contributed by atoms with Gasteiger partial charge in [-0.15, -0.1) is 0 Å². The van der Waals surface area contributed by atoms with Crippen molar-refractivity contribution in [2.24, 2.45) is 0 Å². The molecule has 0 unspecified atom stereocenters. The van der Waals surface area contributed by atoms with Gasteiger partial charge >= 0.3 is 0 Å². The van der Waals surface area contributed by atoms with Crippen LogP contribution in [0.4, 0.5) is 17.1 Å². The van der Waals surface area contributed by atoms with Crippen LogP contribution in [0.3, 0.4) is 0 Å². The first-order valence-electron chi connectivity index (χ1n) is 20.2. The average Bonchev–Trinajstić information content (AvgIpc) is 4.02. The molecule has 0 N–H and O–H groups in total. The summed E-state index contributed by atoms with van der Waals surface area (Å²) in [6.45, 7) is 0. The summed E-state index contributed by atoms with van der Waals surface area (Å²) in [6.07, 6.45) is 0. The third-order valence-corrected chi connectivity index (χ3v) is 11.6. The highest BCUT2D eigenvalue weighted by Gasteiger charge is 2.22. The molecule has 3 heterocycles. The van der Waals surface area contributed by atoms with Crippen LogP contribution in [-0.2, 0) is 0 Å². The maximum atomic E-state index is 6.66. The zero-order chi connectivity index (χ0) is 39.6. The number of para-hydroxylation sites is 4. The Labute approximate surface area is 345 Å². The minimum Gasteiger partial charge on any atom is -0.455 e. The van der Waals surface area contributed by atoms with E-state index in [4.69, 9.17) is 13.8 Å². The number of hydrogen-bond acceptors (Lipinski definition) is 4. The Morgan fingerprint density at radius 1 is 0.417 bits per heavy atom. The van der Waals surface area contributed by atoms with E-state index in [0.717, 1.165) is 89.1 Å². The highest BCUT2D eigenvalue weighted by Crippen LogP contribution is 2.45. The van der Waals surface area contributed by atoms with E-state index in [1.54, 1.807) is 0 Å². The summed E-state index contributed by atoms with van der Waals surface area (Å²) >= 11 is 0. The minimum atomic E-state index is 0.596. The molecule has 0 spiro atoms. The Balaban J connectivity index is 1.01. The number of benzene rings is 9. The first-order chi connectivity index (χ1) is 29.8. The molecule has 3 aromatic heterocycles. The van der Waals surface area contributed by atoms with Crippen molar-refractivity contribution in [1.82, 2.24) is 9.55 Å². The van der Waals surface area contributed by atoms with Crippen LogP contribution in [0.25, 0.3) is 94.2 Å². The molecule has 0 saturated carbocycles. The van der Waals surface area contributed by atoms with E-state index in [0.29, 0.717) is 5.89 Å². The Bertz CT molecular complexity index is 3530. The van der Waals surface area contributed by atoms with Crippen molar-refractivity contribution >= 4 is 71.9 Å². The molecule has 0 bridgehead atoms. The van der Waals surface area contributed by atoms with E-state index in [9.17, 15) is 0 Å². The van der Waals surface area contributed by atoms with Gasteiger partial charge in [-0.2, -0.15) is 0 Å². The number of rotatable bonds is 7. The van der Waals surface area contributed by atoms with Crippen molar-refractivity contribution in [2.75, 3.05) is 4.90 Å². The summed E-state index contributed by atoms with van der Waals surface area (Å²) in [7, 11) is 0. The quantitative estimate of drug-likeness (QED) is 0.162. The van der Waals surface area contributed by atoms with Gasteiger partial charge in [-0.1, -0.05) is 133 Å². The van der Waals surface area contributed by atoms with E-state index < -0.39 is 0 Å². The van der Waals surface area contributed by atoms with Crippen molar-refractivity contribution in [3.8, 4) is 39.4 Å². The SMILES string of the molecule is c1ccc(-c2nc3c(ccc4oc5c(-c6ccc(N(c7ccc8c(c7)c7ccccc7n8-c7ccccc7)c7ccccc7-c7ccccc7)cc6)cccc5c43)o2)cc1.